The number of hydrogen-bond donors (Lipinski definition) is 2. The zero-order valence-electron chi connectivity index (χ0n) is 19.9. The summed E-state index contributed by atoms with van der Waals surface area (Å²) < 4.78 is 20.7. The van der Waals surface area contributed by atoms with Gasteiger partial charge >= 0.3 is 6.09 Å². The number of rotatable bonds is 3. The van der Waals surface area contributed by atoms with Gasteiger partial charge in [0.2, 0.25) is 0 Å². The number of amidine groups is 1. The third-order valence-electron chi connectivity index (χ3n) is 6.02. The maximum atomic E-state index is 15.3. The van der Waals surface area contributed by atoms with Crippen LogP contribution in [0.25, 0.3) is 0 Å². The average Bonchev–Trinajstić information content (AvgIpc) is 2.79. The predicted molar refractivity (Wildman–Crippen MR) is 136 cm³/mol. The number of amides is 2. The van der Waals surface area contributed by atoms with E-state index in [0.29, 0.717) is 33.6 Å². The second-order valence-corrected chi connectivity index (χ2v) is 11.2. The molecule has 0 spiro atoms. The molecule has 2 aromatic rings. The first-order valence-electron chi connectivity index (χ1n) is 11.5. The molecule has 1 aliphatic heterocycles. The average molecular weight is 519 g/mol. The molecule has 35 heavy (non-hydrogen) atoms. The van der Waals surface area contributed by atoms with Crippen molar-refractivity contribution in [3.63, 3.8) is 0 Å². The Morgan fingerprint density at radius 1 is 1.20 bits per heavy atom. The van der Waals surface area contributed by atoms with Gasteiger partial charge in [-0.1, -0.05) is 36.2 Å². The van der Waals surface area contributed by atoms with Crippen LogP contribution in [0.1, 0.15) is 62.5 Å². The van der Waals surface area contributed by atoms with Gasteiger partial charge in [-0.25, -0.2) is 14.2 Å². The summed E-state index contributed by atoms with van der Waals surface area (Å²) in [6, 6.07) is 7.61. The SMILES string of the molecule is CC(C)(C)OC(=O)NC1=NC2(c3cc(NC(=O)c4ccc(Cl)cn4)ccc3F)CCCCC2CS1. The summed E-state index contributed by atoms with van der Waals surface area (Å²) in [4.78, 5) is 34.0. The number of pyridine rings is 1. The number of fused-ring (bicyclic) bond motifs is 1. The summed E-state index contributed by atoms with van der Waals surface area (Å²) in [6.07, 6.45) is 4.27. The molecule has 2 amide bonds. The van der Waals surface area contributed by atoms with Crippen LogP contribution in [-0.4, -0.2) is 33.5 Å². The van der Waals surface area contributed by atoms with Crippen molar-refractivity contribution in [1.82, 2.24) is 10.3 Å². The van der Waals surface area contributed by atoms with E-state index in [2.05, 4.69) is 15.6 Å². The van der Waals surface area contributed by atoms with Crippen molar-refractivity contribution in [2.75, 3.05) is 11.1 Å². The van der Waals surface area contributed by atoms with E-state index in [0.717, 1.165) is 19.3 Å². The molecular formula is C25H28ClFN4O3S. The molecule has 4 rings (SSSR count). The van der Waals surface area contributed by atoms with Crippen LogP contribution in [-0.2, 0) is 10.3 Å². The molecule has 10 heteroatoms. The fourth-order valence-electron chi connectivity index (χ4n) is 4.50. The number of thioether (sulfide) groups is 1. The molecule has 2 unspecified atom stereocenters. The number of aliphatic imine (C=N–C) groups is 1. The topological polar surface area (TPSA) is 92.7 Å². The second kappa shape index (κ2) is 10.1. The van der Waals surface area contributed by atoms with Crippen molar-refractivity contribution in [2.45, 2.75) is 57.6 Å². The van der Waals surface area contributed by atoms with E-state index in [1.807, 2.05) is 0 Å². The number of halogens is 2. The Morgan fingerprint density at radius 3 is 2.71 bits per heavy atom. The summed E-state index contributed by atoms with van der Waals surface area (Å²) in [5.41, 5.74) is -0.432. The van der Waals surface area contributed by atoms with E-state index in [4.69, 9.17) is 21.3 Å². The molecule has 1 aromatic heterocycles. The van der Waals surface area contributed by atoms with Gasteiger partial charge in [0.25, 0.3) is 5.91 Å². The third kappa shape index (κ3) is 5.95. The highest BCUT2D eigenvalue weighted by molar-refractivity contribution is 8.13. The number of aromatic nitrogens is 1. The molecule has 186 valence electrons. The first-order chi connectivity index (χ1) is 16.6. The molecule has 2 aliphatic rings. The normalized spacial score (nSPS) is 22.0. The number of benzene rings is 1. The summed E-state index contributed by atoms with van der Waals surface area (Å²) in [5, 5.41) is 6.37. The van der Waals surface area contributed by atoms with E-state index in [-0.39, 0.29) is 11.6 Å². The lowest BCUT2D eigenvalue weighted by Crippen LogP contribution is -2.45. The quantitative estimate of drug-likeness (QED) is 0.509. The zero-order valence-corrected chi connectivity index (χ0v) is 21.4. The van der Waals surface area contributed by atoms with Gasteiger partial charge in [0, 0.05) is 23.2 Å². The van der Waals surface area contributed by atoms with Crippen molar-refractivity contribution < 1.29 is 18.7 Å². The van der Waals surface area contributed by atoms with Crippen LogP contribution in [0.3, 0.4) is 0 Å². The minimum absolute atomic E-state index is 0.101. The maximum absolute atomic E-state index is 15.3. The van der Waals surface area contributed by atoms with Crippen LogP contribution in [0, 0.1) is 11.7 Å². The molecule has 7 nitrogen and oxygen atoms in total. The summed E-state index contributed by atoms with van der Waals surface area (Å²) in [7, 11) is 0. The van der Waals surface area contributed by atoms with Crippen molar-refractivity contribution in [2.24, 2.45) is 10.9 Å². The number of ether oxygens (including phenoxy) is 1. The minimum Gasteiger partial charge on any atom is -0.444 e. The molecular weight excluding hydrogens is 491 g/mol. The Bertz CT molecular complexity index is 1150. The van der Waals surface area contributed by atoms with Gasteiger partial charge in [-0.2, -0.15) is 0 Å². The smallest absolute Gasteiger partial charge is 0.413 e. The lowest BCUT2D eigenvalue weighted by atomic mass is 9.69. The Hall–Kier alpha value is -2.65. The molecule has 0 bridgehead atoms. The van der Waals surface area contributed by atoms with Crippen molar-refractivity contribution >= 4 is 46.2 Å². The van der Waals surface area contributed by atoms with Crippen LogP contribution in [0.15, 0.2) is 41.5 Å². The minimum atomic E-state index is -0.836. The Morgan fingerprint density at radius 2 is 2.00 bits per heavy atom. The molecule has 2 heterocycles. The van der Waals surface area contributed by atoms with E-state index in [1.165, 1.54) is 36.2 Å². The van der Waals surface area contributed by atoms with E-state index in [1.54, 1.807) is 32.9 Å². The van der Waals surface area contributed by atoms with Gasteiger partial charge in [0.05, 0.1) is 10.6 Å². The van der Waals surface area contributed by atoms with Gasteiger partial charge in [-0.3, -0.25) is 15.1 Å². The van der Waals surface area contributed by atoms with Crippen LogP contribution in [0.4, 0.5) is 14.9 Å². The van der Waals surface area contributed by atoms with Crippen LogP contribution in [0.5, 0.6) is 0 Å². The molecule has 0 radical (unpaired) electrons. The largest absolute Gasteiger partial charge is 0.444 e. The van der Waals surface area contributed by atoms with Gasteiger partial charge in [-0.15, -0.1) is 0 Å². The van der Waals surface area contributed by atoms with Gasteiger partial charge < -0.3 is 10.1 Å². The monoisotopic (exact) mass is 518 g/mol. The number of carbonyl (C=O) groups is 2. The molecule has 1 aromatic carbocycles. The maximum Gasteiger partial charge on any atom is 0.413 e. The van der Waals surface area contributed by atoms with Crippen LogP contribution >= 0.6 is 23.4 Å². The molecule has 1 fully saturated rings. The van der Waals surface area contributed by atoms with Crippen LogP contribution < -0.4 is 10.6 Å². The lowest BCUT2D eigenvalue weighted by Gasteiger charge is -2.44. The predicted octanol–water partition coefficient (Wildman–Crippen LogP) is 6.14. The first-order valence-corrected chi connectivity index (χ1v) is 12.9. The van der Waals surface area contributed by atoms with Crippen molar-refractivity contribution in [3.8, 4) is 0 Å². The van der Waals surface area contributed by atoms with E-state index < -0.39 is 29.0 Å². The fraction of sp³-hybridized carbons (Fsp3) is 0.440. The number of nitrogens with one attached hydrogen (secondary N) is 2. The number of carbonyl (C=O) groups excluding carboxylic acids is 2. The number of nitrogens with zero attached hydrogens (tertiary/aromatic N) is 2. The Balaban J connectivity index is 1.65. The summed E-state index contributed by atoms with van der Waals surface area (Å²) >= 11 is 7.30. The number of hydrogen-bond acceptors (Lipinski definition) is 6. The Labute approximate surface area is 213 Å². The lowest BCUT2D eigenvalue weighted by molar-refractivity contribution is 0.0563. The number of alkyl carbamates (subject to hydrolysis) is 1. The van der Waals surface area contributed by atoms with Crippen LogP contribution in [0.2, 0.25) is 5.02 Å². The molecule has 2 atom stereocenters. The molecule has 2 N–H and O–H groups in total. The van der Waals surface area contributed by atoms with E-state index >= 15 is 4.39 Å². The summed E-state index contributed by atoms with van der Waals surface area (Å²) in [6.45, 7) is 5.36. The van der Waals surface area contributed by atoms with Crippen molar-refractivity contribution in [1.29, 1.82) is 0 Å². The first kappa shape index (κ1) is 25.4. The standard InChI is InChI=1S/C25H28ClFN4O3S/c1-24(2,3)34-23(33)30-22-31-25(11-5-4-6-15(25)14-35-22)18-12-17(8-9-19(18)27)29-21(32)20-10-7-16(26)13-28-20/h7-10,12-13,15H,4-6,11,14H2,1-3H3,(H,29,32)(H,30,31,33). The summed E-state index contributed by atoms with van der Waals surface area (Å²) in [5.74, 6) is -0.0261. The van der Waals surface area contributed by atoms with Crippen molar-refractivity contribution in [3.05, 3.63) is 58.6 Å². The van der Waals surface area contributed by atoms with E-state index in [9.17, 15) is 9.59 Å². The highest BCUT2D eigenvalue weighted by atomic mass is 35.5. The zero-order chi connectivity index (χ0) is 25.2. The van der Waals surface area contributed by atoms with Gasteiger partial charge in [0.1, 0.15) is 17.1 Å². The third-order valence-corrected chi connectivity index (χ3v) is 7.28. The Kier molecular flexibility index (Phi) is 7.38. The molecule has 0 saturated heterocycles. The highest BCUT2D eigenvalue weighted by Crippen LogP contribution is 2.50. The molecule has 1 aliphatic carbocycles. The number of anilines is 1. The fourth-order valence-corrected chi connectivity index (χ4v) is 5.80. The highest BCUT2D eigenvalue weighted by Gasteiger charge is 2.46. The second-order valence-electron chi connectivity index (χ2n) is 9.73. The molecule has 1 saturated carbocycles. The van der Waals surface area contributed by atoms with Gasteiger partial charge in [0.15, 0.2) is 5.17 Å². The van der Waals surface area contributed by atoms with Gasteiger partial charge in [-0.05, 0) is 69.9 Å².